The van der Waals surface area contributed by atoms with Crippen molar-refractivity contribution < 1.29 is 14.3 Å². The number of benzene rings is 2. The number of nitrogens with one attached hydrogen (secondary N) is 4. The van der Waals surface area contributed by atoms with Gasteiger partial charge in [-0.15, -0.1) is 0 Å². The summed E-state index contributed by atoms with van der Waals surface area (Å²) in [5.74, 6) is 1.35. The minimum absolute atomic E-state index is 0.163. The average Bonchev–Trinajstić information content (AvgIpc) is 2.87. The first-order valence-corrected chi connectivity index (χ1v) is 12.0. The monoisotopic (exact) mass is 479 g/mol. The van der Waals surface area contributed by atoms with Crippen LogP contribution < -0.4 is 20.1 Å². The van der Waals surface area contributed by atoms with Crippen molar-refractivity contribution in [3.63, 3.8) is 0 Å². The molecule has 0 radical (unpaired) electrons. The summed E-state index contributed by atoms with van der Waals surface area (Å²) in [6.07, 6.45) is 2.47. The topological polar surface area (TPSA) is 111 Å². The number of rotatable bonds is 9. The van der Waals surface area contributed by atoms with E-state index in [4.69, 9.17) is 20.3 Å². The van der Waals surface area contributed by atoms with Gasteiger partial charge < -0.3 is 30.4 Å². The second-order valence-corrected chi connectivity index (χ2v) is 9.14. The Morgan fingerprint density at radius 2 is 1.71 bits per heavy atom. The Kier molecular flexibility index (Phi) is 8.87. The van der Waals surface area contributed by atoms with E-state index in [-0.39, 0.29) is 18.0 Å². The number of ether oxygens (including phenoxy) is 2. The summed E-state index contributed by atoms with van der Waals surface area (Å²) in [4.78, 5) is 14.1. The molecule has 2 amide bonds. The van der Waals surface area contributed by atoms with Gasteiger partial charge in [-0.2, -0.15) is 0 Å². The van der Waals surface area contributed by atoms with Crippen molar-refractivity contribution in [2.45, 2.75) is 32.2 Å². The van der Waals surface area contributed by atoms with E-state index in [0.717, 1.165) is 42.6 Å². The summed E-state index contributed by atoms with van der Waals surface area (Å²) < 4.78 is 11.0. The molecule has 8 nitrogen and oxygen atoms in total. The normalized spacial score (nSPS) is 15.2. The predicted octanol–water partition coefficient (Wildman–Crippen LogP) is 3.69. The van der Waals surface area contributed by atoms with Gasteiger partial charge in [0.2, 0.25) is 0 Å². The molecule has 4 N–H and O–H groups in total. The third-order valence-electron chi connectivity index (χ3n) is 6.60. The van der Waals surface area contributed by atoms with Gasteiger partial charge in [-0.25, -0.2) is 4.79 Å². The molecule has 35 heavy (non-hydrogen) atoms. The molecule has 0 aromatic heterocycles. The van der Waals surface area contributed by atoms with E-state index in [2.05, 4.69) is 22.6 Å². The van der Waals surface area contributed by atoms with E-state index in [1.165, 1.54) is 0 Å². The molecule has 0 spiro atoms. The zero-order valence-corrected chi connectivity index (χ0v) is 21.3. The summed E-state index contributed by atoms with van der Waals surface area (Å²) >= 11 is 0. The Hall–Kier alpha value is -3.39. The maximum Gasteiger partial charge on any atom is 0.314 e. The Morgan fingerprint density at radius 3 is 2.34 bits per heavy atom. The number of carbonyl (C=O) groups is 1. The van der Waals surface area contributed by atoms with E-state index in [0.29, 0.717) is 34.9 Å². The Bertz CT molecular complexity index is 1080. The summed E-state index contributed by atoms with van der Waals surface area (Å²) in [5, 5.41) is 23.3. The third kappa shape index (κ3) is 6.39. The molecule has 3 rings (SSSR count). The van der Waals surface area contributed by atoms with Crippen LogP contribution in [0.2, 0.25) is 0 Å². The Balaban J connectivity index is 1.93. The van der Waals surface area contributed by atoms with Crippen molar-refractivity contribution in [1.82, 2.24) is 15.5 Å². The molecule has 8 heteroatoms. The fraction of sp³-hybridized carbons (Fsp3) is 0.444. The molecule has 1 aliphatic rings. The van der Waals surface area contributed by atoms with E-state index in [1.54, 1.807) is 21.3 Å². The molecule has 0 aliphatic carbocycles. The lowest BCUT2D eigenvalue weighted by Gasteiger charge is -2.29. The van der Waals surface area contributed by atoms with Gasteiger partial charge in [0.15, 0.2) is 11.5 Å². The maximum absolute atomic E-state index is 11.8. The molecule has 0 saturated carbocycles. The van der Waals surface area contributed by atoms with Crippen LogP contribution in [0.4, 0.5) is 4.79 Å². The Morgan fingerprint density at radius 1 is 1.09 bits per heavy atom. The average molecular weight is 480 g/mol. The molecule has 1 heterocycles. The van der Waals surface area contributed by atoms with Crippen molar-refractivity contribution in [2.75, 3.05) is 41.4 Å². The lowest BCUT2D eigenvalue weighted by molar-refractivity contribution is 0.240. The second kappa shape index (κ2) is 11.8. The maximum atomic E-state index is 11.8. The van der Waals surface area contributed by atoms with Crippen LogP contribution in [-0.4, -0.2) is 69.8 Å². The first-order chi connectivity index (χ1) is 16.8. The lowest BCUT2D eigenvalue weighted by atomic mass is 9.87. The minimum atomic E-state index is -0.255. The molecule has 1 unspecified atom stereocenters. The molecule has 1 atom stereocenters. The lowest BCUT2D eigenvalue weighted by Crippen LogP contribution is -2.40. The largest absolute Gasteiger partial charge is 0.493 e. The fourth-order valence-corrected chi connectivity index (χ4v) is 4.53. The van der Waals surface area contributed by atoms with Crippen molar-refractivity contribution in [3.8, 4) is 11.5 Å². The number of carbonyl (C=O) groups excluding carboxylic acids is 1. The third-order valence-corrected chi connectivity index (χ3v) is 6.60. The van der Waals surface area contributed by atoms with Gasteiger partial charge in [0, 0.05) is 35.8 Å². The highest BCUT2D eigenvalue weighted by Crippen LogP contribution is 2.33. The zero-order chi connectivity index (χ0) is 25.5. The number of hydrogen-bond acceptors (Lipinski definition) is 6. The first-order valence-electron chi connectivity index (χ1n) is 12.0. The zero-order valence-electron chi connectivity index (χ0n) is 21.3. The number of amides is 2. The molecular weight excluding hydrogens is 442 g/mol. The van der Waals surface area contributed by atoms with Crippen LogP contribution in [0, 0.1) is 16.7 Å². The molecule has 188 valence electrons. The van der Waals surface area contributed by atoms with Gasteiger partial charge in [-0.3, -0.25) is 5.41 Å². The van der Waals surface area contributed by atoms with Gasteiger partial charge in [0.1, 0.15) is 0 Å². The Labute approximate surface area is 208 Å². The van der Waals surface area contributed by atoms with E-state index >= 15 is 0 Å². The minimum Gasteiger partial charge on any atom is -0.493 e. The van der Waals surface area contributed by atoms with E-state index in [1.807, 2.05) is 43.3 Å². The second-order valence-electron chi connectivity index (χ2n) is 9.14. The number of hydrogen-bond donors (Lipinski definition) is 4. The van der Waals surface area contributed by atoms with Gasteiger partial charge in [0.25, 0.3) is 0 Å². The number of urea groups is 1. The smallest absolute Gasteiger partial charge is 0.314 e. The van der Waals surface area contributed by atoms with E-state index in [9.17, 15) is 4.79 Å². The number of methoxy groups -OCH3 is 2. The molecule has 1 aliphatic heterocycles. The molecule has 2 aromatic rings. The molecular formula is C27H37N5O3. The first kappa shape index (κ1) is 26.2. The summed E-state index contributed by atoms with van der Waals surface area (Å²) in [7, 11) is 6.85. The van der Waals surface area contributed by atoms with Gasteiger partial charge >= 0.3 is 6.03 Å². The molecule has 1 fully saturated rings. The van der Waals surface area contributed by atoms with Gasteiger partial charge in [0.05, 0.1) is 19.9 Å². The predicted molar refractivity (Wildman–Crippen MR) is 140 cm³/mol. The highest BCUT2D eigenvalue weighted by atomic mass is 16.5. The molecule has 2 aromatic carbocycles. The fourth-order valence-electron chi connectivity index (χ4n) is 4.53. The molecule has 1 saturated heterocycles. The highest BCUT2D eigenvalue weighted by Gasteiger charge is 2.23. The summed E-state index contributed by atoms with van der Waals surface area (Å²) in [6, 6.07) is 11.0. The van der Waals surface area contributed by atoms with Crippen LogP contribution in [0.1, 0.15) is 42.0 Å². The quantitative estimate of drug-likeness (QED) is 0.411. The number of nitrogens with zero attached hydrogens (tertiary/aromatic N) is 1. The van der Waals surface area contributed by atoms with Crippen LogP contribution in [0.15, 0.2) is 36.4 Å². The van der Waals surface area contributed by atoms with Gasteiger partial charge in [-0.05, 0) is 75.6 Å². The van der Waals surface area contributed by atoms with Crippen LogP contribution in [-0.2, 0) is 6.42 Å². The van der Waals surface area contributed by atoms with Crippen LogP contribution >= 0.6 is 0 Å². The standard InChI is InChI=1S/C27H37N5O3/c1-17(31-27(33)30-2)13-21-15-23(34-4)24(35-5)16-22(21)26(29)20-8-6-7-19(14-20)25(28)18-9-11-32(3)12-10-18/h6-8,14-18,28-29H,9-13H2,1-5H3,(H2,30,31,33). The molecule has 0 bridgehead atoms. The van der Waals surface area contributed by atoms with E-state index < -0.39 is 0 Å². The van der Waals surface area contributed by atoms with Gasteiger partial charge in [-0.1, -0.05) is 18.2 Å². The summed E-state index contributed by atoms with van der Waals surface area (Å²) in [5.41, 5.74) is 4.15. The van der Waals surface area contributed by atoms with Crippen molar-refractivity contribution in [3.05, 3.63) is 58.7 Å². The van der Waals surface area contributed by atoms with Crippen molar-refractivity contribution >= 4 is 17.5 Å². The van der Waals surface area contributed by atoms with Crippen LogP contribution in [0.25, 0.3) is 0 Å². The highest BCUT2D eigenvalue weighted by molar-refractivity contribution is 6.13. The van der Waals surface area contributed by atoms with Crippen molar-refractivity contribution in [1.29, 1.82) is 10.8 Å². The van der Waals surface area contributed by atoms with Crippen molar-refractivity contribution in [2.24, 2.45) is 5.92 Å². The SMILES string of the molecule is CNC(=O)NC(C)Cc1cc(OC)c(OC)cc1C(=N)c1cccc(C(=N)C2CCN(C)CC2)c1. The number of piperidine rings is 1. The summed E-state index contributed by atoms with van der Waals surface area (Å²) in [6.45, 7) is 3.92. The van der Waals surface area contributed by atoms with Crippen LogP contribution in [0.3, 0.4) is 0 Å². The number of likely N-dealkylation sites (tertiary alicyclic amines) is 1. The van der Waals surface area contributed by atoms with Crippen LogP contribution in [0.5, 0.6) is 11.5 Å².